The van der Waals surface area contributed by atoms with Crippen LogP contribution in [-0.2, 0) is 17.9 Å². The van der Waals surface area contributed by atoms with E-state index in [1.807, 2.05) is 44.2 Å². The van der Waals surface area contributed by atoms with E-state index in [4.69, 9.17) is 16.0 Å². The Morgan fingerprint density at radius 2 is 1.83 bits per heavy atom. The van der Waals surface area contributed by atoms with Crippen molar-refractivity contribution in [3.8, 4) is 11.5 Å². The van der Waals surface area contributed by atoms with Crippen LogP contribution in [0.3, 0.4) is 0 Å². The number of nitrogens with zero attached hydrogens (tertiary/aromatic N) is 3. The monoisotopic (exact) mass is 488 g/mol. The minimum absolute atomic E-state index is 0.189. The maximum atomic E-state index is 13.9. The number of carbonyl (C=O) groups is 2. The lowest BCUT2D eigenvalue weighted by Crippen LogP contribution is -2.64. The fraction of sp³-hybridized carbons (Fsp3) is 0.222. The maximum Gasteiger partial charge on any atom is 0.277 e. The van der Waals surface area contributed by atoms with Crippen molar-refractivity contribution in [2.75, 3.05) is 4.90 Å². The van der Waals surface area contributed by atoms with E-state index in [1.54, 1.807) is 53.1 Å². The van der Waals surface area contributed by atoms with Gasteiger partial charge in [0.15, 0.2) is 5.76 Å². The number of benzene rings is 2. The van der Waals surface area contributed by atoms with Gasteiger partial charge in [-0.25, -0.2) is 0 Å². The second-order valence-corrected chi connectivity index (χ2v) is 9.56. The third-order valence-corrected chi connectivity index (χ3v) is 6.50. The second kappa shape index (κ2) is 8.74. The van der Waals surface area contributed by atoms with Crippen molar-refractivity contribution in [2.45, 2.75) is 39.4 Å². The van der Waals surface area contributed by atoms with Crippen LogP contribution in [0.2, 0.25) is 5.02 Å². The van der Waals surface area contributed by atoms with Crippen molar-refractivity contribution in [3.63, 3.8) is 0 Å². The van der Waals surface area contributed by atoms with Crippen LogP contribution in [0.15, 0.2) is 71.3 Å². The fourth-order valence-electron chi connectivity index (χ4n) is 4.59. The highest BCUT2D eigenvalue weighted by atomic mass is 35.5. The molecule has 1 N–H and O–H groups in total. The SMILES string of the molecule is Cc1cc(C)cc(N2C(=O)c3cc(-c4ccco4)nn3CC2(C)C(=O)NCc2ccc(Cl)cc2)c1. The van der Waals surface area contributed by atoms with Gasteiger partial charge in [0, 0.05) is 23.3 Å². The van der Waals surface area contributed by atoms with Gasteiger partial charge >= 0.3 is 0 Å². The molecular weight excluding hydrogens is 464 g/mol. The molecule has 1 unspecified atom stereocenters. The number of anilines is 1. The predicted molar refractivity (Wildman–Crippen MR) is 134 cm³/mol. The van der Waals surface area contributed by atoms with E-state index in [0.717, 1.165) is 16.7 Å². The molecule has 3 heterocycles. The number of furan rings is 1. The summed E-state index contributed by atoms with van der Waals surface area (Å²) in [6.07, 6.45) is 1.56. The molecular formula is C27H25ClN4O3. The van der Waals surface area contributed by atoms with Gasteiger partial charge in [0.25, 0.3) is 5.91 Å². The average Bonchev–Trinajstić information content (AvgIpc) is 3.48. The molecule has 0 saturated heterocycles. The number of aryl methyl sites for hydroxylation is 2. The summed E-state index contributed by atoms with van der Waals surface area (Å²) in [4.78, 5) is 29.2. The highest BCUT2D eigenvalue weighted by Gasteiger charge is 2.49. The summed E-state index contributed by atoms with van der Waals surface area (Å²) in [6.45, 7) is 6.22. The molecule has 0 bridgehead atoms. The molecule has 0 radical (unpaired) electrons. The van der Waals surface area contributed by atoms with Gasteiger partial charge in [0.1, 0.15) is 16.9 Å². The van der Waals surface area contributed by atoms with Crippen molar-refractivity contribution >= 4 is 29.1 Å². The molecule has 4 aromatic rings. The molecule has 8 heteroatoms. The van der Waals surface area contributed by atoms with Crippen LogP contribution in [0, 0.1) is 13.8 Å². The molecule has 7 nitrogen and oxygen atoms in total. The normalized spacial score (nSPS) is 17.4. The van der Waals surface area contributed by atoms with Gasteiger partial charge in [0.05, 0.1) is 12.8 Å². The Kier molecular flexibility index (Phi) is 5.73. The molecule has 2 amide bonds. The summed E-state index contributed by atoms with van der Waals surface area (Å²) in [5.74, 6) is -0.0112. The van der Waals surface area contributed by atoms with E-state index in [-0.39, 0.29) is 18.4 Å². The lowest BCUT2D eigenvalue weighted by atomic mass is 9.93. The highest BCUT2D eigenvalue weighted by Crippen LogP contribution is 2.35. The van der Waals surface area contributed by atoms with Crippen LogP contribution in [0.5, 0.6) is 0 Å². The molecule has 5 rings (SSSR count). The van der Waals surface area contributed by atoms with Gasteiger partial charge < -0.3 is 9.73 Å². The number of hydrogen-bond acceptors (Lipinski definition) is 4. The number of rotatable bonds is 5. The molecule has 178 valence electrons. The minimum atomic E-state index is -1.22. The molecule has 2 aromatic carbocycles. The topological polar surface area (TPSA) is 80.4 Å². The van der Waals surface area contributed by atoms with E-state index in [9.17, 15) is 9.59 Å². The lowest BCUT2D eigenvalue weighted by molar-refractivity contribution is -0.126. The van der Waals surface area contributed by atoms with Crippen molar-refractivity contribution in [2.24, 2.45) is 0 Å². The van der Waals surface area contributed by atoms with E-state index >= 15 is 0 Å². The van der Waals surface area contributed by atoms with E-state index in [0.29, 0.717) is 34.4 Å². The Morgan fingerprint density at radius 3 is 2.49 bits per heavy atom. The Bertz CT molecular complexity index is 1390. The van der Waals surface area contributed by atoms with Crippen LogP contribution >= 0.6 is 11.6 Å². The first-order chi connectivity index (χ1) is 16.7. The number of nitrogens with one attached hydrogen (secondary N) is 1. The molecule has 2 aromatic heterocycles. The smallest absolute Gasteiger partial charge is 0.277 e. The van der Waals surface area contributed by atoms with Crippen LogP contribution in [0.1, 0.15) is 34.1 Å². The Hall–Kier alpha value is -3.84. The number of halogens is 1. The predicted octanol–water partition coefficient (Wildman–Crippen LogP) is 5.15. The zero-order valence-electron chi connectivity index (χ0n) is 19.7. The number of aromatic nitrogens is 2. The first-order valence-corrected chi connectivity index (χ1v) is 11.7. The average molecular weight is 489 g/mol. The lowest BCUT2D eigenvalue weighted by Gasteiger charge is -2.43. The number of hydrogen-bond donors (Lipinski definition) is 1. The molecule has 0 saturated carbocycles. The summed E-state index contributed by atoms with van der Waals surface area (Å²) >= 11 is 5.99. The first kappa shape index (κ1) is 22.9. The summed E-state index contributed by atoms with van der Waals surface area (Å²) in [6, 6.07) is 18.4. The largest absolute Gasteiger partial charge is 0.463 e. The fourth-order valence-corrected chi connectivity index (χ4v) is 4.71. The van der Waals surface area contributed by atoms with E-state index < -0.39 is 5.54 Å². The number of fused-ring (bicyclic) bond motifs is 1. The second-order valence-electron chi connectivity index (χ2n) is 9.12. The van der Waals surface area contributed by atoms with Gasteiger partial charge in [-0.3, -0.25) is 19.2 Å². The first-order valence-electron chi connectivity index (χ1n) is 11.3. The van der Waals surface area contributed by atoms with Crippen molar-refractivity contribution < 1.29 is 14.0 Å². The van der Waals surface area contributed by atoms with Crippen LogP contribution in [0.4, 0.5) is 5.69 Å². The molecule has 0 spiro atoms. The zero-order valence-corrected chi connectivity index (χ0v) is 20.5. The third kappa shape index (κ3) is 4.23. The Labute approximate surface area is 208 Å². The summed E-state index contributed by atoms with van der Waals surface area (Å²) in [5.41, 5.74) is 3.32. The standard InChI is InChI=1S/C27H25ClN4O3/c1-17-11-18(2)13-21(12-17)32-25(33)23-14-22(24-5-4-10-35-24)30-31(23)16-27(32,3)26(34)29-15-19-6-8-20(28)9-7-19/h4-14H,15-16H2,1-3H3,(H,29,34). The minimum Gasteiger partial charge on any atom is -0.463 e. The molecule has 0 fully saturated rings. The zero-order chi connectivity index (χ0) is 24.7. The summed E-state index contributed by atoms with van der Waals surface area (Å²) in [7, 11) is 0. The molecule has 1 aliphatic heterocycles. The number of amides is 2. The molecule has 0 aliphatic carbocycles. The van der Waals surface area contributed by atoms with Gasteiger partial charge in [0.2, 0.25) is 5.91 Å². The maximum absolute atomic E-state index is 13.9. The van der Waals surface area contributed by atoms with Gasteiger partial charge in [-0.15, -0.1) is 0 Å². The van der Waals surface area contributed by atoms with E-state index in [1.165, 1.54) is 0 Å². The van der Waals surface area contributed by atoms with Crippen molar-refractivity contribution in [1.82, 2.24) is 15.1 Å². The van der Waals surface area contributed by atoms with Gasteiger partial charge in [-0.1, -0.05) is 29.8 Å². The Morgan fingerprint density at radius 1 is 1.11 bits per heavy atom. The van der Waals surface area contributed by atoms with Crippen LogP contribution in [0.25, 0.3) is 11.5 Å². The van der Waals surface area contributed by atoms with Gasteiger partial charge in [-0.2, -0.15) is 5.10 Å². The van der Waals surface area contributed by atoms with Crippen LogP contribution in [-0.4, -0.2) is 27.1 Å². The van der Waals surface area contributed by atoms with E-state index in [2.05, 4.69) is 10.4 Å². The van der Waals surface area contributed by atoms with Crippen molar-refractivity contribution in [3.05, 3.63) is 94.3 Å². The summed E-state index contributed by atoms with van der Waals surface area (Å²) < 4.78 is 7.08. The number of carbonyl (C=O) groups excluding carboxylic acids is 2. The molecule has 1 atom stereocenters. The molecule has 1 aliphatic rings. The third-order valence-electron chi connectivity index (χ3n) is 6.25. The summed E-state index contributed by atoms with van der Waals surface area (Å²) in [5, 5.41) is 8.23. The van der Waals surface area contributed by atoms with Crippen LogP contribution < -0.4 is 10.2 Å². The van der Waals surface area contributed by atoms with Gasteiger partial charge in [-0.05, 0) is 73.9 Å². The molecule has 35 heavy (non-hydrogen) atoms. The van der Waals surface area contributed by atoms with Crippen molar-refractivity contribution in [1.29, 1.82) is 0 Å². The Balaban J connectivity index is 1.55. The highest BCUT2D eigenvalue weighted by molar-refractivity contribution is 6.30. The quantitative estimate of drug-likeness (QED) is 0.421.